The molecule has 0 aliphatic carbocycles. The topological polar surface area (TPSA) is 122 Å². The Labute approximate surface area is 220 Å². The third kappa shape index (κ3) is 13.4. The molecular weight excluding hydrogens is 540 g/mol. The van der Waals surface area contributed by atoms with Gasteiger partial charge < -0.3 is 19.7 Å². The third-order valence-electron chi connectivity index (χ3n) is 5.21. The van der Waals surface area contributed by atoms with E-state index in [0.29, 0.717) is 19.3 Å². The Hall–Kier alpha value is -3.30. The van der Waals surface area contributed by atoms with Gasteiger partial charge in [0.2, 0.25) is 0 Å². The first-order valence-corrected chi connectivity index (χ1v) is 11.4. The number of likely N-dealkylation sites (tertiary alicyclic amines) is 1. The minimum atomic E-state index is -5.08. The van der Waals surface area contributed by atoms with Crippen LogP contribution in [0.1, 0.15) is 23.4 Å². The molecule has 218 valence electrons. The van der Waals surface area contributed by atoms with Crippen LogP contribution in [0.3, 0.4) is 0 Å². The van der Waals surface area contributed by atoms with Crippen molar-refractivity contribution in [3.8, 4) is 0 Å². The van der Waals surface area contributed by atoms with Crippen LogP contribution in [0.25, 0.3) is 0 Å². The van der Waals surface area contributed by atoms with Gasteiger partial charge in [0, 0.05) is 44.3 Å². The van der Waals surface area contributed by atoms with Gasteiger partial charge in [0.05, 0.1) is 25.0 Å². The first kappa shape index (κ1) is 33.7. The second-order valence-corrected chi connectivity index (χ2v) is 8.16. The summed E-state index contributed by atoms with van der Waals surface area (Å²) in [7, 11) is 1.71. The fourth-order valence-electron chi connectivity index (χ4n) is 3.48. The molecule has 1 fully saturated rings. The van der Waals surface area contributed by atoms with Crippen molar-refractivity contribution in [3.05, 3.63) is 59.7 Å². The molecule has 39 heavy (non-hydrogen) atoms. The highest BCUT2D eigenvalue weighted by atomic mass is 19.4. The summed E-state index contributed by atoms with van der Waals surface area (Å²) in [6.45, 7) is 5.21. The summed E-state index contributed by atoms with van der Waals surface area (Å²) in [5, 5.41) is 14.2. The Morgan fingerprint density at radius 1 is 1.00 bits per heavy atom. The molecule has 3 rings (SSSR count). The number of rotatable bonds is 8. The molecule has 1 saturated heterocycles. The average Bonchev–Trinajstić information content (AvgIpc) is 3.20. The van der Waals surface area contributed by atoms with Crippen molar-refractivity contribution in [3.63, 3.8) is 0 Å². The number of carbonyl (C=O) groups is 2. The number of alkyl halides is 6. The Kier molecular flexibility index (Phi) is 13.8. The van der Waals surface area contributed by atoms with Crippen molar-refractivity contribution in [2.24, 2.45) is 0 Å². The predicted octanol–water partition coefficient (Wildman–Crippen LogP) is 3.90. The van der Waals surface area contributed by atoms with Crippen LogP contribution in [0.2, 0.25) is 0 Å². The van der Waals surface area contributed by atoms with Crippen LogP contribution < -0.4 is 0 Å². The fraction of sp³-hybridized carbons (Fsp3) is 0.500. The molecule has 15 heteroatoms. The van der Waals surface area contributed by atoms with Gasteiger partial charge in [-0.1, -0.05) is 6.07 Å². The van der Waals surface area contributed by atoms with E-state index < -0.39 is 24.3 Å². The largest absolute Gasteiger partial charge is 0.490 e. The van der Waals surface area contributed by atoms with E-state index in [1.165, 1.54) is 5.56 Å². The molecule has 9 nitrogen and oxygen atoms in total. The van der Waals surface area contributed by atoms with Crippen molar-refractivity contribution in [2.45, 2.75) is 50.8 Å². The summed E-state index contributed by atoms with van der Waals surface area (Å²) in [5.41, 5.74) is 3.48. The number of aryl methyl sites for hydroxylation is 1. The van der Waals surface area contributed by atoms with E-state index in [-0.39, 0.29) is 6.10 Å². The van der Waals surface area contributed by atoms with Gasteiger partial charge in [0.1, 0.15) is 0 Å². The normalized spacial score (nSPS) is 17.4. The number of hydrogen-bond acceptors (Lipinski definition) is 7. The maximum absolute atomic E-state index is 10.6. The summed E-state index contributed by atoms with van der Waals surface area (Å²) in [4.78, 5) is 29.1. The number of nitrogens with zero attached hydrogens (tertiary/aromatic N) is 3. The molecule has 0 spiro atoms. The van der Waals surface area contributed by atoms with E-state index >= 15 is 0 Å². The Bertz CT molecular complexity index is 999. The lowest BCUT2D eigenvalue weighted by Gasteiger charge is -2.28. The Balaban J connectivity index is 0.000000449. The molecule has 1 aliphatic rings. The van der Waals surface area contributed by atoms with Crippen LogP contribution >= 0.6 is 0 Å². The van der Waals surface area contributed by atoms with Crippen LogP contribution in [0.5, 0.6) is 0 Å². The summed E-state index contributed by atoms with van der Waals surface area (Å²) >= 11 is 0. The van der Waals surface area contributed by atoms with E-state index in [4.69, 9.17) is 29.3 Å². The van der Waals surface area contributed by atoms with E-state index in [0.717, 1.165) is 37.3 Å². The number of ether oxygens (including phenoxy) is 2. The second-order valence-electron chi connectivity index (χ2n) is 8.16. The van der Waals surface area contributed by atoms with Crippen molar-refractivity contribution >= 4 is 11.9 Å². The van der Waals surface area contributed by atoms with Gasteiger partial charge >= 0.3 is 24.3 Å². The number of carboxylic acids is 2. The van der Waals surface area contributed by atoms with Gasteiger partial charge in [0.25, 0.3) is 0 Å². The predicted molar refractivity (Wildman–Crippen MR) is 125 cm³/mol. The van der Waals surface area contributed by atoms with Crippen LogP contribution in [0.15, 0.2) is 42.7 Å². The molecule has 1 aliphatic heterocycles. The van der Waals surface area contributed by atoms with Crippen molar-refractivity contribution in [1.29, 1.82) is 0 Å². The maximum Gasteiger partial charge on any atom is 0.490 e. The van der Waals surface area contributed by atoms with E-state index in [9.17, 15) is 26.3 Å². The summed E-state index contributed by atoms with van der Waals surface area (Å²) in [6.07, 6.45) is -4.21. The lowest BCUT2D eigenvalue weighted by molar-refractivity contribution is -0.193. The molecule has 0 aromatic carbocycles. The fourth-order valence-corrected chi connectivity index (χ4v) is 3.48. The van der Waals surface area contributed by atoms with Gasteiger partial charge in [-0.2, -0.15) is 26.3 Å². The smallest absolute Gasteiger partial charge is 0.475 e. The number of carboxylic acid groups (broad SMARTS) is 2. The lowest BCUT2D eigenvalue weighted by atomic mass is 10.0. The van der Waals surface area contributed by atoms with Crippen LogP contribution in [0, 0.1) is 6.92 Å². The number of halogens is 6. The van der Waals surface area contributed by atoms with E-state index in [2.05, 4.69) is 39.1 Å². The molecule has 2 N–H and O–H groups in total. The minimum Gasteiger partial charge on any atom is -0.475 e. The molecule has 0 amide bonds. The van der Waals surface area contributed by atoms with Crippen molar-refractivity contribution in [2.75, 3.05) is 26.9 Å². The molecule has 2 aromatic heterocycles. The van der Waals surface area contributed by atoms with Gasteiger partial charge in [-0.15, -0.1) is 0 Å². The van der Waals surface area contributed by atoms with Gasteiger partial charge in [-0.25, -0.2) is 9.59 Å². The number of hydrogen-bond donors (Lipinski definition) is 2. The van der Waals surface area contributed by atoms with Gasteiger partial charge in [0.15, 0.2) is 0 Å². The maximum atomic E-state index is 10.6. The molecule has 2 atom stereocenters. The molecule has 3 heterocycles. The van der Waals surface area contributed by atoms with Crippen LogP contribution in [-0.4, -0.2) is 88.4 Å². The van der Waals surface area contributed by atoms with Gasteiger partial charge in [-0.3, -0.25) is 14.9 Å². The number of aromatic nitrogens is 2. The molecule has 0 saturated carbocycles. The molecular formula is C24H29F6N3O6. The highest BCUT2D eigenvalue weighted by Gasteiger charge is 2.39. The molecule has 2 aromatic rings. The number of methoxy groups -OCH3 is 1. The van der Waals surface area contributed by atoms with Crippen molar-refractivity contribution in [1.82, 2.24) is 14.9 Å². The third-order valence-corrected chi connectivity index (χ3v) is 5.21. The molecule has 0 unspecified atom stereocenters. The van der Waals surface area contributed by atoms with Crippen molar-refractivity contribution < 1.29 is 55.6 Å². The second kappa shape index (κ2) is 16.0. The van der Waals surface area contributed by atoms with Crippen LogP contribution in [-0.2, 0) is 32.0 Å². The average molecular weight is 569 g/mol. The lowest BCUT2D eigenvalue weighted by Crippen LogP contribution is -2.38. The summed E-state index contributed by atoms with van der Waals surface area (Å²) in [6, 6.07) is 10.8. The zero-order valence-corrected chi connectivity index (χ0v) is 21.1. The molecule has 0 radical (unpaired) electrons. The van der Waals surface area contributed by atoms with E-state index in [1.807, 2.05) is 25.4 Å². The minimum absolute atomic E-state index is 0.230. The zero-order valence-electron chi connectivity index (χ0n) is 21.1. The Morgan fingerprint density at radius 2 is 1.56 bits per heavy atom. The van der Waals surface area contributed by atoms with E-state index in [1.54, 1.807) is 7.11 Å². The first-order valence-electron chi connectivity index (χ1n) is 11.4. The Morgan fingerprint density at radius 3 is 2.05 bits per heavy atom. The quantitative estimate of drug-likeness (QED) is 0.360. The zero-order chi connectivity index (χ0) is 29.6. The van der Waals surface area contributed by atoms with Crippen LogP contribution in [0.4, 0.5) is 26.3 Å². The number of aliphatic carboxylic acids is 2. The standard InChI is InChI=1S/C20H27N3O2.2C2HF3O2/c1-16-4-3-5-18(22-16)15-23-11-8-20(25-13-12-24-2)19(23)14-17-6-9-21-10-7-17;2*3-2(4,5)1(6)7/h3-7,9-10,19-20H,8,11-15H2,1-2H3;2*(H,6,7)/t19-,20+;;/m0../s1. The highest BCUT2D eigenvalue weighted by Crippen LogP contribution is 2.26. The number of pyridine rings is 2. The molecule has 0 bridgehead atoms. The summed E-state index contributed by atoms with van der Waals surface area (Å²) in [5.74, 6) is -5.51. The first-order chi connectivity index (χ1) is 18.1. The highest BCUT2D eigenvalue weighted by molar-refractivity contribution is 5.73. The van der Waals surface area contributed by atoms with Gasteiger partial charge in [-0.05, 0) is 49.6 Å². The SMILES string of the molecule is COCCO[C@@H]1CCN(Cc2cccc(C)n2)[C@H]1Cc1ccncc1.O=C(O)C(F)(F)F.O=C(O)C(F)(F)F. The monoisotopic (exact) mass is 569 g/mol. The summed E-state index contributed by atoms with van der Waals surface area (Å²) < 4.78 is 74.7.